The lowest BCUT2D eigenvalue weighted by Gasteiger charge is -2.11. The summed E-state index contributed by atoms with van der Waals surface area (Å²) in [6.45, 7) is 4.92. The third-order valence-electron chi connectivity index (χ3n) is 3.15. The largest absolute Gasteiger partial charge is 0.350 e. The van der Waals surface area contributed by atoms with E-state index in [-0.39, 0.29) is 36.4 Å². The van der Waals surface area contributed by atoms with Crippen LogP contribution in [0.3, 0.4) is 0 Å². The van der Waals surface area contributed by atoms with Crippen molar-refractivity contribution >= 4 is 52.9 Å². The molecule has 1 amide bonds. The second kappa shape index (κ2) is 11.0. The van der Waals surface area contributed by atoms with Crippen LogP contribution in [-0.4, -0.2) is 35.4 Å². The Balaban J connectivity index is 0.00000312. The second-order valence-corrected chi connectivity index (χ2v) is 6.33. The van der Waals surface area contributed by atoms with Crippen molar-refractivity contribution < 1.29 is 4.79 Å². The molecule has 0 aliphatic carbocycles. The summed E-state index contributed by atoms with van der Waals surface area (Å²) in [6.07, 6.45) is 3.25. The number of halogens is 1. The van der Waals surface area contributed by atoms with Crippen LogP contribution in [0.25, 0.3) is 0 Å². The quantitative estimate of drug-likeness (QED) is 0.340. The number of rotatable bonds is 6. The zero-order chi connectivity index (χ0) is 17.4. The van der Waals surface area contributed by atoms with E-state index in [4.69, 9.17) is 0 Å². The van der Waals surface area contributed by atoms with E-state index in [1.165, 1.54) is 0 Å². The van der Waals surface area contributed by atoms with Crippen LogP contribution in [0.2, 0.25) is 0 Å². The van der Waals surface area contributed by atoms with Crippen LogP contribution in [0.5, 0.6) is 0 Å². The maximum absolute atomic E-state index is 11.9. The van der Waals surface area contributed by atoms with E-state index in [1.54, 1.807) is 42.9 Å². The fourth-order valence-electron chi connectivity index (χ4n) is 1.86. The molecule has 0 atom stereocenters. The Morgan fingerprint density at radius 3 is 2.76 bits per heavy atom. The fourth-order valence-corrected chi connectivity index (χ4v) is 2.75. The highest BCUT2D eigenvalue weighted by atomic mass is 127. The molecule has 0 aliphatic rings. The Labute approximate surface area is 168 Å². The summed E-state index contributed by atoms with van der Waals surface area (Å²) in [7, 11) is 1.66. The number of nitrogens with one attached hydrogen (secondary N) is 3. The van der Waals surface area contributed by atoms with Gasteiger partial charge in [-0.15, -0.1) is 35.3 Å². The highest BCUT2D eigenvalue weighted by Gasteiger charge is 2.07. The predicted octanol–water partition coefficient (Wildman–Crippen LogP) is 2.58. The number of carbonyl (C=O) groups is 1. The smallest absolute Gasteiger partial charge is 0.243 e. The minimum atomic E-state index is -0.165. The fraction of sp³-hybridized carbons (Fsp3) is 0.375. The summed E-state index contributed by atoms with van der Waals surface area (Å²) in [5.41, 5.74) is 1.76. The topological polar surface area (TPSA) is 91.3 Å². The lowest BCUT2D eigenvalue weighted by Crippen LogP contribution is -2.41. The molecule has 0 fully saturated rings. The monoisotopic (exact) mass is 474 g/mol. The van der Waals surface area contributed by atoms with Gasteiger partial charge in [-0.3, -0.25) is 14.8 Å². The first-order chi connectivity index (χ1) is 11.6. The highest BCUT2D eigenvalue weighted by molar-refractivity contribution is 14.0. The van der Waals surface area contributed by atoms with Crippen molar-refractivity contribution in [3.8, 4) is 0 Å². The molecule has 9 heteroatoms. The molecule has 2 rings (SSSR count). The van der Waals surface area contributed by atoms with Crippen molar-refractivity contribution in [2.45, 2.75) is 26.3 Å². The molecule has 7 nitrogen and oxygen atoms in total. The number of anilines is 1. The van der Waals surface area contributed by atoms with Gasteiger partial charge in [-0.05, 0) is 18.1 Å². The number of aliphatic imine (C=N–C) groups is 1. The number of pyridine rings is 1. The number of hydrogen-bond acceptors (Lipinski definition) is 5. The molecule has 0 saturated carbocycles. The van der Waals surface area contributed by atoms with E-state index in [0.29, 0.717) is 24.1 Å². The van der Waals surface area contributed by atoms with E-state index in [0.717, 1.165) is 10.7 Å². The van der Waals surface area contributed by atoms with E-state index < -0.39 is 0 Å². The molecule has 0 unspecified atom stereocenters. The van der Waals surface area contributed by atoms with Crippen molar-refractivity contribution in [2.24, 2.45) is 4.99 Å². The van der Waals surface area contributed by atoms with Gasteiger partial charge in [-0.2, -0.15) is 0 Å². The van der Waals surface area contributed by atoms with Gasteiger partial charge >= 0.3 is 0 Å². The molecule has 2 aromatic rings. The third-order valence-corrected chi connectivity index (χ3v) is 4.02. The maximum atomic E-state index is 11.9. The summed E-state index contributed by atoms with van der Waals surface area (Å²) in [6, 6.07) is 3.55. The second-order valence-electron chi connectivity index (χ2n) is 5.39. The van der Waals surface area contributed by atoms with Gasteiger partial charge in [0, 0.05) is 18.6 Å². The van der Waals surface area contributed by atoms with Gasteiger partial charge in [0.05, 0.1) is 30.7 Å². The van der Waals surface area contributed by atoms with Crippen LogP contribution >= 0.6 is 35.3 Å². The molecule has 25 heavy (non-hydrogen) atoms. The first-order valence-electron chi connectivity index (χ1n) is 7.67. The number of guanidine groups is 1. The molecule has 0 bridgehead atoms. The number of carbonyl (C=O) groups excluding carboxylic acids is 1. The van der Waals surface area contributed by atoms with E-state index in [2.05, 4.69) is 50.1 Å². The Bertz CT molecular complexity index is 689. The third kappa shape index (κ3) is 7.34. The SMILES string of the molecule is CN=C(NCC(=O)Nc1cccnc1)NCc1nc(C(C)C)cs1.I. The molecule has 136 valence electrons. The average Bonchev–Trinajstić information content (AvgIpc) is 3.05. The van der Waals surface area contributed by atoms with E-state index in [9.17, 15) is 4.79 Å². The first-order valence-corrected chi connectivity index (χ1v) is 8.55. The zero-order valence-corrected chi connectivity index (χ0v) is 17.6. The normalized spacial score (nSPS) is 11.0. The molecule has 0 aliphatic heterocycles. The standard InChI is InChI=1S/C16H22N6OS.HI/c1-11(2)13-10-24-15(22-13)9-20-16(17-3)19-8-14(23)21-12-5-4-6-18-7-12;/h4-7,10-11H,8-9H2,1-3H3,(H,21,23)(H2,17,19,20);1H. The minimum absolute atomic E-state index is 0. The average molecular weight is 474 g/mol. The number of thiazole rings is 1. The van der Waals surface area contributed by atoms with Crippen molar-refractivity contribution in [3.05, 3.63) is 40.6 Å². The van der Waals surface area contributed by atoms with Gasteiger partial charge < -0.3 is 16.0 Å². The number of aromatic nitrogens is 2. The molecule has 3 N–H and O–H groups in total. The summed E-state index contributed by atoms with van der Waals surface area (Å²) in [5.74, 6) is 0.809. The summed E-state index contributed by atoms with van der Waals surface area (Å²) < 4.78 is 0. The van der Waals surface area contributed by atoms with Crippen LogP contribution in [0.15, 0.2) is 34.9 Å². The summed E-state index contributed by atoms with van der Waals surface area (Å²) >= 11 is 1.61. The van der Waals surface area contributed by atoms with Gasteiger partial charge in [0.1, 0.15) is 5.01 Å². The molecular weight excluding hydrogens is 451 g/mol. The van der Waals surface area contributed by atoms with Crippen LogP contribution < -0.4 is 16.0 Å². The van der Waals surface area contributed by atoms with Crippen molar-refractivity contribution in [1.82, 2.24) is 20.6 Å². The minimum Gasteiger partial charge on any atom is -0.350 e. The Morgan fingerprint density at radius 1 is 1.36 bits per heavy atom. The Kier molecular flexibility index (Phi) is 9.35. The van der Waals surface area contributed by atoms with Crippen molar-refractivity contribution in [1.29, 1.82) is 0 Å². The molecule has 0 aromatic carbocycles. The molecule has 2 heterocycles. The number of hydrogen-bond donors (Lipinski definition) is 3. The van der Waals surface area contributed by atoms with E-state index >= 15 is 0 Å². The van der Waals surface area contributed by atoms with Crippen molar-refractivity contribution in [3.63, 3.8) is 0 Å². The van der Waals surface area contributed by atoms with Crippen LogP contribution in [0.1, 0.15) is 30.5 Å². The van der Waals surface area contributed by atoms with Gasteiger partial charge in [0.25, 0.3) is 0 Å². The van der Waals surface area contributed by atoms with Gasteiger partial charge in [0.15, 0.2) is 5.96 Å². The van der Waals surface area contributed by atoms with Crippen LogP contribution in [0, 0.1) is 0 Å². The maximum Gasteiger partial charge on any atom is 0.243 e. The number of nitrogens with zero attached hydrogens (tertiary/aromatic N) is 3. The summed E-state index contributed by atoms with van der Waals surface area (Å²) in [4.78, 5) is 24.5. The highest BCUT2D eigenvalue weighted by Crippen LogP contribution is 2.17. The lowest BCUT2D eigenvalue weighted by molar-refractivity contribution is -0.115. The molecule has 0 saturated heterocycles. The number of amides is 1. The van der Waals surface area contributed by atoms with Crippen LogP contribution in [-0.2, 0) is 11.3 Å². The van der Waals surface area contributed by atoms with Crippen LogP contribution in [0.4, 0.5) is 5.69 Å². The molecule has 2 aromatic heterocycles. The lowest BCUT2D eigenvalue weighted by atomic mass is 10.2. The first kappa shape index (κ1) is 21.3. The summed E-state index contributed by atoms with van der Waals surface area (Å²) in [5, 5.41) is 11.9. The molecule has 0 spiro atoms. The van der Waals surface area contributed by atoms with Gasteiger partial charge in [-0.25, -0.2) is 4.98 Å². The predicted molar refractivity (Wildman–Crippen MR) is 113 cm³/mol. The van der Waals surface area contributed by atoms with E-state index in [1.807, 2.05) is 0 Å². The molecule has 0 radical (unpaired) electrons. The van der Waals surface area contributed by atoms with Gasteiger partial charge in [-0.1, -0.05) is 13.8 Å². The Hall–Kier alpha value is -1.75. The molecular formula is C16H23IN6OS. The van der Waals surface area contributed by atoms with Gasteiger partial charge in [0.2, 0.25) is 5.91 Å². The Morgan fingerprint density at radius 2 is 2.16 bits per heavy atom. The van der Waals surface area contributed by atoms with Crippen molar-refractivity contribution in [2.75, 3.05) is 18.9 Å². The zero-order valence-electron chi connectivity index (χ0n) is 14.4.